The van der Waals surface area contributed by atoms with Crippen molar-refractivity contribution in [2.24, 2.45) is 11.8 Å². The summed E-state index contributed by atoms with van der Waals surface area (Å²) in [5.74, 6) is -1.12. The van der Waals surface area contributed by atoms with E-state index in [4.69, 9.17) is 17.0 Å². The van der Waals surface area contributed by atoms with Crippen molar-refractivity contribution in [1.82, 2.24) is 0 Å². The summed E-state index contributed by atoms with van der Waals surface area (Å²) >= 11 is -5.05. The van der Waals surface area contributed by atoms with Gasteiger partial charge in [-0.2, -0.15) is 0 Å². The second kappa shape index (κ2) is 14.1. The normalized spacial score (nSPS) is 18.2. The van der Waals surface area contributed by atoms with Crippen LogP contribution in [0, 0.1) is 39.5 Å². The van der Waals surface area contributed by atoms with Crippen LogP contribution in [0.5, 0.6) is 0 Å². The van der Waals surface area contributed by atoms with E-state index >= 15 is 0 Å². The summed E-state index contributed by atoms with van der Waals surface area (Å²) in [4.78, 5) is 0. The zero-order chi connectivity index (χ0) is 40.1. The van der Waals surface area contributed by atoms with Gasteiger partial charge in [-0.3, -0.25) is 0 Å². The summed E-state index contributed by atoms with van der Waals surface area (Å²) < 4.78 is 0.0837. The number of hydrogen-bond acceptors (Lipinski definition) is 0. The van der Waals surface area contributed by atoms with Crippen molar-refractivity contribution in [2.45, 2.75) is 128 Å². The molecular weight excluding hydrogens is 791 g/mol. The molecular formula is C50H65Cl2SiZr. The van der Waals surface area contributed by atoms with Gasteiger partial charge >= 0.3 is 340 Å². The van der Waals surface area contributed by atoms with Gasteiger partial charge in [-0.1, -0.05) is 0 Å². The number of allylic oxidation sites excluding steroid dienone is 2. The molecule has 6 rings (SSSR count). The van der Waals surface area contributed by atoms with E-state index in [1.807, 2.05) is 0 Å². The molecule has 0 spiro atoms. The molecule has 0 heterocycles. The molecule has 0 bridgehead atoms. The van der Waals surface area contributed by atoms with Crippen molar-refractivity contribution < 1.29 is 15.6 Å². The zero-order valence-electron chi connectivity index (χ0n) is 36.1. The molecule has 0 aromatic heterocycles. The van der Waals surface area contributed by atoms with Crippen molar-refractivity contribution in [2.75, 3.05) is 0 Å². The zero-order valence-corrected chi connectivity index (χ0v) is 41.2. The fourth-order valence-electron chi connectivity index (χ4n) is 10.1. The molecule has 0 amide bonds. The molecule has 4 heteroatoms. The Bertz CT molecular complexity index is 2030. The maximum absolute atomic E-state index is 8.99. The van der Waals surface area contributed by atoms with Gasteiger partial charge in [0, 0.05) is 0 Å². The second-order valence-corrected chi connectivity index (χ2v) is 62.6. The number of halogens is 2. The van der Waals surface area contributed by atoms with E-state index in [2.05, 4.69) is 183 Å². The number of fused-ring (bicyclic) bond motifs is 2. The van der Waals surface area contributed by atoms with Gasteiger partial charge in [0.2, 0.25) is 0 Å². The summed E-state index contributed by atoms with van der Waals surface area (Å²) in [6.45, 7) is 37.4. The van der Waals surface area contributed by atoms with E-state index in [9.17, 15) is 0 Å². The fraction of sp³-hybridized carbons (Fsp3) is 0.440. The predicted molar refractivity (Wildman–Crippen MR) is 242 cm³/mol. The molecule has 0 nitrogen and oxygen atoms in total. The van der Waals surface area contributed by atoms with Crippen LogP contribution in [0.4, 0.5) is 0 Å². The van der Waals surface area contributed by atoms with Gasteiger partial charge in [-0.15, -0.1) is 0 Å². The molecule has 2 aliphatic rings. The van der Waals surface area contributed by atoms with Crippen LogP contribution in [0.3, 0.4) is 0 Å². The molecule has 0 fully saturated rings. The molecule has 0 saturated heterocycles. The molecule has 54 heavy (non-hydrogen) atoms. The summed E-state index contributed by atoms with van der Waals surface area (Å²) in [6.07, 6.45) is 5.11. The second-order valence-electron chi connectivity index (χ2n) is 20.1. The Morgan fingerprint density at radius 1 is 0.537 bits per heavy atom. The molecule has 0 N–H and O–H groups in total. The topological polar surface area (TPSA) is 0 Å². The standard InChI is InChI=1S/2C24H29.C2H7Si.2ClH.Zr/c2*1-15(2)19-13-18-8-9-22(24(5,6)7)23(21(18)14-19)20-11-16(3)10-17(4)12-20;1-3-2;;;/h2*8-15H,1-7H3;3H,1-2H3;2*1H;/q;;;;;+2/p-2. The Labute approximate surface area is 337 Å². The maximum atomic E-state index is 8.99. The van der Waals surface area contributed by atoms with E-state index < -0.39 is 21.5 Å². The van der Waals surface area contributed by atoms with Gasteiger partial charge in [0.25, 0.3) is 0 Å². The Morgan fingerprint density at radius 3 is 1.11 bits per heavy atom. The van der Waals surface area contributed by atoms with Crippen LogP contribution in [0.15, 0.2) is 71.8 Å². The van der Waals surface area contributed by atoms with E-state index in [1.165, 1.54) is 89.0 Å². The number of benzene rings is 4. The van der Waals surface area contributed by atoms with Gasteiger partial charge < -0.3 is 0 Å². The van der Waals surface area contributed by atoms with Gasteiger partial charge in [-0.25, -0.2) is 0 Å². The van der Waals surface area contributed by atoms with Crippen molar-refractivity contribution in [3.8, 4) is 22.3 Å². The van der Waals surface area contributed by atoms with Crippen molar-refractivity contribution in [1.29, 1.82) is 0 Å². The van der Waals surface area contributed by atoms with E-state index in [0.717, 1.165) is 0 Å². The predicted octanol–water partition coefficient (Wildman–Crippen LogP) is 15.7. The van der Waals surface area contributed by atoms with Crippen LogP contribution in [0.2, 0.25) is 13.1 Å². The Kier molecular flexibility index (Phi) is 10.9. The fourth-order valence-corrected chi connectivity index (χ4v) is 41.6. The molecule has 2 aliphatic carbocycles. The molecule has 4 aromatic rings. The van der Waals surface area contributed by atoms with Crippen molar-refractivity contribution in [3.05, 3.63) is 127 Å². The van der Waals surface area contributed by atoms with Gasteiger partial charge in [0.15, 0.2) is 0 Å². The van der Waals surface area contributed by atoms with Gasteiger partial charge in [0.1, 0.15) is 0 Å². The third-order valence-corrected chi connectivity index (χ3v) is 64.3. The SMILES string of the molecule is Cc1cc(C)cc(-c2c(C(C)(C)C)ccc3c2C=C(C(C)C)[CH]3[Zr]([Cl])([Cl])([CH]2C(C(C)C)=Cc3c2ccc(C(C)(C)C)c3-c2cc(C)cc(C)c2)[SiH](C)C)c1. The average molecular weight is 856 g/mol. The van der Waals surface area contributed by atoms with Crippen LogP contribution in [-0.4, -0.2) is 5.92 Å². The van der Waals surface area contributed by atoms with Gasteiger partial charge in [-0.05, 0) is 0 Å². The Hall–Kier alpha value is -1.96. The van der Waals surface area contributed by atoms with E-state index in [0.29, 0.717) is 11.8 Å². The molecule has 287 valence electrons. The summed E-state index contributed by atoms with van der Waals surface area (Å²) in [5, 5.41) is 0. The molecule has 0 saturated carbocycles. The average Bonchev–Trinajstić information content (AvgIpc) is 3.63. The first-order valence-electron chi connectivity index (χ1n) is 20.4. The molecule has 2 unspecified atom stereocenters. The minimum absolute atomic E-state index is 0.0358. The number of aryl methyl sites for hydroxylation is 4. The van der Waals surface area contributed by atoms with Crippen LogP contribution < -0.4 is 0 Å². The van der Waals surface area contributed by atoms with Crippen LogP contribution in [0.25, 0.3) is 34.4 Å². The molecule has 2 atom stereocenters. The monoisotopic (exact) mass is 853 g/mol. The van der Waals surface area contributed by atoms with Gasteiger partial charge in [0.05, 0.1) is 0 Å². The van der Waals surface area contributed by atoms with Crippen molar-refractivity contribution in [3.63, 3.8) is 0 Å². The molecule has 0 radical (unpaired) electrons. The Balaban J connectivity index is 1.72. The van der Waals surface area contributed by atoms with Crippen molar-refractivity contribution >= 4 is 35.1 Å². The first kappa shape index (κ1) is 41.7. The van der Waals surface area contributed by atoms with E-state index in [-0.39, 0.29) is 18.1 Å². The molecule has 4 aromatic carbocycles. The summed E-state index contributed by atoms with van der Waals surface area (Å²) in [6, 6.07) is 23.9. The third kappa shape index (κ3) is 6.90. The quantitative estimate of drug-likeness (QED) is 0.163. The van der Waals surface area contributed by atoms with Crippen LogP contribution >= 0.6 is 17.0 Å². The molecule has 0 aliphatic heterocycles. The minimum atomic E-state index is -5.05. The van der Waals surface area contributed by atoms with Crippen LogP contribution in [0.1, 0.15) is 132 Å². The number of hydrogen-bond donors (Lipinski definition) is 0. The number of rotatable bonds is 7. The van der Waals surface area contributed by atoms with E-state index in [1.54, 1.807) is 0 Å². The first-order chi connectivity index (χ1) is 24.9. The summed E-state index contributed by atoms with van der Waals surface area (Å²) in [7, 11) is 18.0. The Morgan fingerprint density at radius 2 is 0.852 bits per heavy atom. The van der Waals surface area contributed by atoms with Crippen LogP contribution in [-0.2, 0) is 26.4 Å². The summed E-state index contributed by atoms with van der Waals surface area (Å²) in [5.41, 5.74) is 21.5. The third-order valence-electron chi connectivity index (χ3n) is 12.6. The first-order valence-corrected chi connectivity index (χ1v) is 36.7.